The maximum atomic E-state index is 13.0. The van der Waals surface area contributed by atoms with E-state index in [2.05, 4.69) is 48.5 Å². The molecule has 0 saturated heterocycles. The van der Waals surface area contributed by atoms with Crippen molar-refractivity contribution in [1.29, 1.82) is 0 Å². The Labute approximate surface area is 492 Å². The second-order valence-electron chi connectivity index (χ2n) is 23.4. The first-order valence-corrected chi connectivity index (χ1v) is 35.4. The minimum absolute atomic E-state index is 0.102. The number of ether oxygens (including phenoxy) is 4. The summed E-state index contributed by atoms with van der Waals surface area (Å²) in [5.41, 5.74) is 0. The molecule has 0 radical (unpaired) electrons. The van der Waals surface area contributed by atoms with Gasteiger partial charge in [0.1, 0.15) is 19.3 Å². The van der Waals surface area contributed by atoms with E-state index in [4.69, 9.17) is 37.0 Å². The van der Waals surface area contributed by atoms with E-state index in [9.17, 15) is 43.2 Å². The van der Waals surface area contributed by atoms with Gasteiger partial charge in [0, 0.05) is 25.7 Å². The van der Waals surface area contributed by atoms with Crippen molar-refractivity contribution in [2.24, 2.45) is 17.8 Å². The Bertz CT molecular complexity index is 1620. The molecule has 4 unspecified atom stereocenters. The second kappa shape index (κ2) is 53.5. The average Bonchev–Trinajstić information content (AvgIpc) is 3.43. The summed E-state index contributed by atoms with van der Waals surface area (Å²) in [5, 5.41) is 10.5. The van der Waals surface area contributed by atoms with E-state index in [0.717, 1.165) is 120 Å². The number of hydrogen-bond donors (Lipinski definition) is 3. The average molecular weight is 1200 g/mol. The molecule has 480 valence electrons. The number of hydrogen-bond acceptors (Lipinski definition) is 15. The zero-order chi connectivity index (χ0) is 60.3. The second-order valence-corrected chi connectivity index (χ2v) is 26.3. The maximum Gasteiger partial charge on any atom is 0.472 e. The Morgan fingerprint density at radius 3 is 0.938 bits per heavy atom. The lowest BCUT2D eigenvalue weighted by molar-refractivity contribution is -0.161. The molecular formula is C62H120O17P2. The van der Waals surface area contributed by atoms with Crippen molar-refractivity contribution in [1.82, 2.24) is 0 Å². The number of aliphatic hydroxyl groups excluding tert-OH is 1. The zero-order valence-electron chi connectivity index (χ0n) is 52.2. The summed E-state index contributed by atoms with van der Waals surface area (Å²) >= 11 is 0. The topological polar surface area (TPSA) is 237 Å². The minimum atomic E-state index is -4.94. The van der Waals surface area contributed by atoms with Gasteiger partial charge in [0.15, 0.2) is 12.2 Å². The van der Waals surface area contributed by atoms with Crippen molar-refractivity contribution in [2.75, 3.05) is 39.6 Å². The molecule has 0 aliphatic carbocycles. The third kappa shape index (κ3) is 54.5. The van der Waals surface area contributed by atoms with E-state index < -0.39 is 97.5 Å². The Morgan fingerprint density at radius 1 is 0.358 bits per heavy atom. The summed E-state index contributed by atoms with van der Waals surface area (Å²) in [7, 11) is -9.88. The summed E-state index contributed by atoms with van der Waals surface area (Å²) in [6.45, 7) is 11.7. The van der Waals surface area contributed by atoms with E-state index in [1.165, 1.54) is 96.3 Å². The fourth-order valence-electron chi connectivity index (χ4n) is 9.06. The first kappa shape index (κ1) is 79.1. The van der Waals surface area contributed by atoms with Gasteiger partial charge in [0.05, 0.1) is 26.4 Å². The van der Waals surface area contributed by atoms with Gasteiger partial charge in [-0.15, -0.1) is 0 Å². The van der Waals surface area contributed by atoms with Gasteiger partial charge in [-0.25, -0.2) is 9.13 Å². The smallest absolute Gasteiger partial charge is 0.462 e. The van der Waals surface area contributed by atoms with Crippen LogP contribution in [0, 0.1) is 17.8 Å². The third-order valence-corrected chi connectivity index (χ3v) is 16.8. The molecule has 0 aromatic heterocycles. The molecular weight excluding hydrogens is 1080 g/mol. The van der Waals surface area contributed by atoms with Crippen molar-refractivity contribution < 1.29 is 80.2 Å². The molecule has 0 rings (SSSR count). The summed E-state index contributed by atoms with van der Waals surface area (Å²) in [4.78, 5) is 72.0. The van der Waals surface area contributed by atoms with Crippen molar-refractivity contribution in [3.8, 4) is 0 Å². The molecule has 3 N–H and O–H groups in total. The standard InChI is InChI=1S/C62H120O17P2/c1-8-11-12-13-19-29-36-43-59(64)72-49-58(79-62(67)46-39-32-25-24-28-35-42-55(7)10-3)52-77-81(70,71)75-48-56(63)47-74-80(68,69)76-51-57(78-61(66)45-38-31-23-16-14-15-20-26-33-40-53(4)5)50-73-60(65)44-37-30-22-18-17-21-27-34-41-54(6)9-2/h53-58,63H,8-52H2,1-7H3,(H,68,69)(H,70,71)/t54?,55?,56-,57-,58-/m1/s1. The van der Waals surface area contributed by atoms with E-state index in [1.54, 1.807) is 0 Å². The molecule has 0 heterocycles. The quantitative estimate of drug-likeness (QED) is 0.0222. The molecule has 0 aromatic rings. The van der Waals surface area contributed by atoms with Crippen molar-refractivity contribution >= 4 is 39.5 Å². The zero-order valence-corrected chi connectivity index (χ0v) is 54.0. The summed E-state index contributed by atoms with van der Waals surface area (Å²) in [6, 6.07) is 0. The highest BCUT2D eigenvalue weighted by atomic mass is 31.2. The van der Waals surface area contributed by atoms with Gasteiger partial charge in [0.2, 0.25) is 0 Å². The molecule has 0 fully saturated rings. The van der Waals surface area contributed by atoms with Crippen LogP contribution in [0.3, 0.4) is 0 Å². The summed E-state index contributed by atoms with van der Waals surface area (Å²) < 4.78 is 67.8. The van der Waals surface area contributed by atoms with Crippen LogP contribution in [-0.4, -0.2) is 96.7 Å². The Kier molecular flexibility index (Phi) is 52.2. The number of carbonyl (C=O) groups excluding carboxylic acids is 4. The van der Waals surface area contributed by atoms with E-state index in [-0.39, 0.29) is 25.7 Å². The maximum absolute atomic E-state index is 13.0. The Hall–Kier alpha value is -1.94. The lowest BCUT2D eigenvalue weighted by atomic mass is 9.99. The molecule has 0 saturated carbocycles. The van der Waals surface area contributed by atoms with Crippen LogP contribution in [0.25, 0.3) is 0 Å². The van der Waals surface area contributed by atoms with Gasteiger partial charge in [-0.3, -0.25) is 37.3 Å². The van der Waals surface area contributed by atoms with Crippen molar-refractivity contribution in [2.45, 2.75) is 317 Å². The minimum Gasteiger partial charge on any atom is -0.462 e. The molecule has 0 bridgehead atoms. The summed E-state index contributed by atoms with van der Waals surface area (Å²) in [5.74, 6) is 0.0889. The number of phosphoric acid groups is 2. The van der Waals surface area contributed by atoms with Gasteiger partial charge < -0.3 is 33.8 Å². The molecule has 7 atom stereocenters. The molecule has 19 heteroatoms. The molecule has 81 heavy (non-hydrogen) atoms. The first-order chi connectivity index (χ1) is 38.8. The van der Waals surface area contributed by atoms with Crippen LogP contribution in [0.2, 0.25) is 0 Å². The fraction of sp³-hybridized carbons (Fsp3) is 0.935. The predicted molar refractivity (Wildman–Crippen MR) is 321 cm³/mol. The highest BCUT2D eigenvalue weighted by Gasteiger charge is 2.30. The first-order valence-electron chi connectivity index (χ1n) is 32.4. The largest absolute Gasteiger partial charge is 0.472 e. The summed E-state index contributed by atoms with van der Waals surface area (Å²) in [6.07, 6.45) is 33.6. The van der Waals surface area contributed by atoms with Crippen LogP contribution >= 0.6 is 15.6 Å². The van der Waals surface area contributed by atoms with Gasteiger partial charge in [-0.05, 0) is 43.4 Å². The van der Waals surface area contributed by atoms with E-state index in [0.29, 0.717) is 25.7 Å². The molecule has 0 amide bonds. The van der Waals surface area contributed by atoms with Crippen LogP contribution < -0.4 is 0 Å². The normalized spacial score (nSPS) is 15.1. The van der Waals surface area contributed by atoms with Gasteiger partial charge >= 0.3 is 39.5 Å². The highest BCUT2D eigenvalue weighted by molar-refractivity contribution is 7.47. The van der Waals surface area contributed by atoms with E-state index in [1.807, 2.05) is 0 Å². The lowest BCUT2D eigenvalue weighted by Crippen LogP contribution is -2.30. The third-order valence-electron chi connectivity index (χ3n) is 14.9. The van der Waals surface area contributed by atoms with Crippen LogP contribution in [0.1, 0.15) is 299 Å². The Morgan fingerprint density at radius 2 is 0.630 bits per heavy atom. The van der Waals surface area contributed by atoms with Crippen LogP contribution in [0.4, 0.5) is 0 Å². The Balaban J connectivity index is 5.24. The molecule has 0 aliphatic heterocycles. The number of phosphoric ester groups is 2. The number of esters is 4. The fourth-order valence-corrected chi connectivity index (χ4v) is 10.6. The monoisotopic (exact) mass is 1200 g/mol. The molecule has 0 aliphatic rings. The SMILES string of the molecule is CCCCCCCCCC(=O)OC[C@H](COP(=O)(O)OC[C@H](O)COP(=O)(O)OC[C@@H](COC(=O)CCCCCCCCCCC(C)CC)OC(=O)CCCCCCCCCCCC(C)C)OC(=O)CCCCCCCCC(C)CC. The van der Waals surface area contributed by atoms with Gasteiger partial charge in [-0.1, -0.05) is 248 Å². The predicted octanol–water partition coefficient (Wildman–Crippen LogP) is 16.7. The number of rotatable bonds is 60. The van der Waals surface area contributed by atoms with Crippen molar-refractivity contribution in [3.63, 3.8) is 0 Å². The van der Waals surface area contributed by atoms with Crippen LogP contribution in [0.15, 0.2) is 0 Å². The van der Waals surface area contributed by atoms with E-state index >= 15 is 0 Å². The molecule has 0 aromatic carbocycles. The van der Waals surface area contributed by atoms with Crippen LogP contribution in [0.5, 0.6) is 0 Å². The number of unbranched alkanes of at least 4 members (excludes halogenated alkanes) is 26. The lowest BCUT2D eigenvalue weighted by Gasteiger charge is -2.21. The van der Waals surface area contributed by atoms with Crippen LogP contribution in [-0.2, 0) is 65.4 Å². The molecule has 17 nitrogen and oxygen atoms in total. The molecule has 0 spiro atoms. The number of aliphatic hydroxyl groups is 1. The van der Waals surface area contributed by atoms with Crippen molar-refractivity contribution in [3.05, 3.63) is 0 Å². The number of carbonyl (C=O) groups is 4. The highest BCUT2D eigenvalue weighted by Crippen LogP contribution is 2.45. The van der Waals surface area contributed by atoms with Gasteiger partial charge in [0.25, 0.3) is 0 Å². The van der Waals surface area contributed by atoms with Gasteiger partial charge in [-0.2, -0.15) is 0 Å².